The highest BCUT2D eigenvalue weighted by molar-refractivity contribution is 7.99. The van der Waals surface area contributed by atoms with Gasteiger partial charge in [0.1, 0.15) is 0 Å². The van der Waals surface area contributed by atoms with E-state index >= 15 is 0 Å². The summed E-state index contributed by atoms with van der Waals surface area (Å²) in [4.78, 5) is 27.8. The zero-order chi connectivity index (χ0) is 20.5. The summed E-state index contributed by atoms with van der Waals surface area (Å²) in [5.74, 6) is 0.516. The smallest absolute Gasteiger partial charge is 0.279 e. The molecule has 150 valence electrons. The predicted molar refractivity (Wildman–Crippen MR) is 115 cm³/mol. The van der Waals surface area contributed by atoms with Crippen molar-refractivity contribution in [1.29, 1.82) is 0 Å². The third-order valence-electron chi connectivity index (χ3n) is 5.30. The second-order valence-corrected chi connectivity index (χ2v) is 8.23. The molecular formula is C22H19N5O2S. The van der Waals surface area contributed by atoms with Gasteiger partial charge in [-0.2, -0.15) is 9.61 Å². The number of H-pyrrole nitrogens is 1. The number of Topliss-reactive ketones (excluding diaryl/α,β-unsaturated/α-hetero) is 1. The third kappa shape index (κ3) is 3.54. The molecule has 7 nitrogen and oxygen atoms in total. The lowest BCUT2D eigenvalue weighted by Crippen LogP contribution is -2.15. The van der Waals surface area contributed by atoms with Crippen molar-refractivity contribution in [3.63, 3.8) is 0 Å². The van der Waals surface area contributed by atoms with E-state index in [-0.39, 0.29) is 28.6 Å². The summed E-state index contributed by atoms with van der Waals surface area (Å²) in [6.07, 6.45) is 4.53. The predicted octanol–water partition coefficient (Wildman–Crippen LogP) is 3.33. The Morgan fingerprint density at radius 3 is 2.67 bits per heavy atom. The molecule has 1 aliphatic rings. The van der Waals surface area contributed by atoms with Gasteiger partial charge in [-0.3, -0.25) is 14.6 Å². The van der Waals surface area contributed by atoms with Crippen LogP contribution >= 0.6 is 11.8 Å². The Kier molecular flexibility index (Phi) is 4.92. The number of hydrogen-bond donors (Lipinski definition) is 1. The summed E-state index contributed by atoms with van der Waals surface area (Å²) in [7, 11) is 0. The number of hydrogen-bond acceptors (Lipinski definition) is 6. The molecule has 0 atom stereocenters. The maximum Gasteiger partial charge on any atom is 0.279 e. The highest BCUT2D eigenvalue weighted by Gasteiger charge is 2.16. The van der Waals surface area contributed by atoms with Crippen molar-refractivity contribution in [1.82, 2.24) is 24.8 Å². The summed E-state index contributed by atoms with van der Waals surface area (Å²) in [5, 5.41) is 13.0. The van der Waals surface area contributed by atoms with E-state index in [1.165, 1.54) is 40.2 Å². The molecule has 5 rings (SSSR count). The number of carbonyl (C=O) groups is 1. The number of nitrogens with zero attached hydrogens (tertiary/aromatic N) is 4. The summed E-state index contributed by atoms with van der Waals surface area (Å²) in [6.45, 7) is 0. The van der Waals surface area contributed by atoms with Gasteiger partial charge in [0.05, 0.1) is 5.75 Å². The molecule has 0 saturated carbocycles. The van der Waals surface area contributed by atoms with E-state index in [4.69, 9.17) is 0 Å². The van der Waals surface area contributed by atoms with Crippen molar-refractivity contribution in [2.24, 2.45) is 0 Å². The van der Waals surface area contributed by atoms with Gasteiger partial charge >= 0.3 is 0 Å². The van der Waals surface area contributed by atoms with E-state index in [0.717, 1.165) is 18.4 Å². The van der Waals surface area contributed by atoms with Gasteiger partial charge in [-0.1, -0.05) is 54.2 Å². The van der Waals surface area contributed by atoms with E-state index in [1.54, 1.807) is 0 Å². The Balaban J connectivity index is 1.39. The van der Waals surface area contributed by atoms with Crippen LogP contribution in [0.2, 0.25) is 0 Å². The van der Waals surface area contributed by atoms with Crippen LogP contribution in [0.1, 0.15) is 34.3 Å². The third-order valence-corrected chi connectivity index (χ3v) is 6.22. The Morgan fingerprint density at radius 2 is 1.83 bits per heavy atom. The molecule has 0 aliphatic heterocycles. The quantitative estimate of drug-likeness (QED) is 0.395. The minimum absolute atomic E-state index is 0.0397. The number of benzene rings is 2. The molecule has 2 heterocycles. The molecule has 0 saturated heterocycles. The molecule has 0 bridgehead atoms. The molecular weight excluding hydrogens is 398 g/mol. The van der Waals surface area contributed by atoms with E-state index in [2.05, 4.69) is 26.3 Å². The van der Waals surface area contributed by atoms with E-state index in [9.17, 15) is 9.59 Å². The summed E-state index contributed by atoms with van der Waals surface area (Å²) in [5.41, 5.74) is 4.03. The first kappa shape index (κ1) is 18.7. The average molecular weight is 417 g/mol. The average Bonchev–Trinajstić information content (AvgIpc) is 3.18. The number of rotatable bonds is 5. The van der Waals surface area contributed by atoms with Gasteiger partial charge in [0.25, 0.3) is 11.3 Å². The topological polar surface area (TPSA) is 93.0 Å². The number of aryl methyl sites for hydroxylation is 2. The number of aromatic nitrogens is 5. The number of nitrogens with one attached hydrogen (secondary N) is 1. The largest absolute Gasteiger partial charge is 0.293 e. The van der Waals surface area contributed by atoms with Crippen LogP contribution in [0.3, 0.4) is 0 Å². The monoisotopic (exact) mass is 417 g/mol. The molecule has 30 heavy (non-hydrogen) atoms. The fraction of sp³-hybridized carbons (Fsp3) is 0.227. The Hall–Kier alpha value is -3.26. The van der Waals surface area contributed by atoms with Crippen LogP contribution in [0.4, 0.5) is 0 Å². The van der Waals surface area contributed by atoms with Gasteiger partial charge in [-0.25, -0.2) is 0 Å². The van der Waals surface area contributed by atoms with Gasteiger partial charge < -0.3 is 0 Å². The second-order valence-electron chi connectivity index (χ2n) is 7.29. The van der Waals surface area contributed by atoms with E-state index in [0.29, 0.717) is 10.7 Å². The van der Waals surface area contributed by atoms with Crippen molar-refractivity contribution >= 4 is 23.3 Å². The first-order valence-electron chi connectivity index (χ1n) is 9.88. The molecule has 8 heteroatoms. The van der Waals surface area contributed by atoms with Crippen LogP contribution in [0.5, 0.6) is 0 Å². The number of thioether (sulfide) groups is 1. The van der Waals surface area contributed by atoms with Gasteiger partial charge in [-0.05, 0) is 42.9 Å². The Bertz CT molecular complexity index is 1300. The van der Waals surface area contributed by atoms with E-state index in [1.807, 2.05) is 42.5 Å². The first-order chi connectivity index (χ1) is 14.7. The minimum atomic E-state index is -0.331. The van der Waals surface area contributed by atoms with Crippen molar-refractivity contribution < 1.29 is 4.79 Å². The summed E-state index contributed by atoms with van der Waals surface area (Å²) >= 11 is 1.26. The normalized spacial score (nSPS) is 13.3. The lowest BCUT2D eigenvalue weighted by Gasteiger charge is -2.16. The molecule has 4 aromatic rings. The highest BCUT2D eigenvalue weighted by atomic mass is 32.2. The lowest BCUT2D eigenvalue weighted by molar-refractivity contribution is 0.102. The molecule has 0 unspecified atom stereocenters. The van der Waals surface area contributed by atoms with Crippen LogP contribution in [-0.2, 0) is 12.8 Å². The molecule has 2 aromatic heterocycles. The molecule has 0 radical (unpaired) electrons. The Morgan fingerprint density at radius 1 is 1.03 bits per heavy atom. The van der Waals surface area contributed by atoms with Crippen LogP contribution in [0.25, 0.3) is 17.0 Å². The molecule has 1 aliphatic carbocycles. The minimum Gasteiger partial charge on any atom is -0.293 e. The van der Waals surface area contributed by atoms with Gasteiger partial charge in [0.15, 0.2) is 11.5 Å². The highest BCUT2D eigenvalue weighted by Crippen LogP contribution is 2.24. The maximum absolute atomic E-state index is 12.7. The fourth-order valence-corrected chi connectivity index (χ4v) is 4.51. The summed E-state index contributed by atoms with van der Waals surface area (Å²) in [6, 6.07) is 15.2. The van der Waals surface area contributed by atoms with Crippen LogP contribution in [-0.4, -0.2) is 36.3 Å². The molecule has 0 amide bonds. The Labute approximate surface area is 176 Å². The molecule has 2 aromatic carbocycles. The number of fused-ring (bicyclic) bond motifs is 2. The first-order valence-corrected chi connectivity index (χ1v) is 10.9. The lowest BCUT2D eigenvalue weighted by atomic mass is 9.90. The zero-order valence-corrected chi connectivity index (χ0v) is 17.0. The van der Waals surface area contributed by atoms with Crippen molar-refractivity contribution in [2.45, 2.75) is 30.8 Å². The number of carbonyl (C=O) groups excluding carboxylic acids is 1. The molecule has 0 fully saturated rings. The van der Waals surface area contributed by atoms with Gasteiger partial charge in [0.2, 0.25) is 5.16 Å². The number of aromatic amines is 1. The summed E-state index contributed by atoms with van der Waals surface area (Å²) < 4.78 is 1.48. The fourth-order valence-electron chi connectivity index (χ4n) is 3.73. The van der Waals surface area contributed by atoms with Gasteiger partial charge in [-0.15, -0.1) is 10.2 Å². The van der Waals surface area contributed by atoms with Crippen molar-refractivity contribution in [3.05, 3.63) is 75.6 Å². The number of ketones is 1. The van der Waals surface area contributed by atoms with Crippen LogP contribution < -0.4 is 5.56 Å². The standard InChI is InChI=1S/C22H19N5O2S/c28-18(17-11-10-14-6-4-5-9-16(14)12-17)13-30-22-25-24-21-23-20(29)19(26-27(21)22)15-7-2-1-3-8-15/h1-3,7-8,10-12H,4-6,9,13H2,(H,23,24,29). The van der Waals surface area contributed by atoms with Crippen LogP contribution in [0, 0.1) is 0 Å². The molecule has 1 N–H and O–H groups in total. The SMILES string of the molecule is O=C(CSc1nnc2[nH]c(=O)c(-c3ccccc3)nn12)c1ccc2c(c1)CCCC2. The van der Waals surface area contributed by atoms with Crippen LogP contribution in [0.15, 0.2) is 58.5 Å². The second kappa shape index (κ2) is 7.87. The molecule has 0 spiro atoms. The maximum atomic E-state index is 12.7. The zero-order valence-electron chi connectivity index (χ0n) is 16.2. The van der Waals surface area contributed by atoms with Crippen molar-refractivity contribution in [3.8, 4) is 11.3 Å². The van der Waals surface area contributed by atoms with E-state index < -0.39 is 0 Å². The van der Waals surface area contributed by atoms with Gasteiger partial charge in [0, 0.05) is 11.1 Å². The van der Waals surface area contributed by atoms with Crippen molar-refractivity contribution in [2.75, 3.05) is 5.75 Å².